The van der Waals surface area contributed by atoms with Crippen molar-refractivity contribution in [1.82, 2.24) is 0 Å². The van der Waals surface area contributed by atoms with Gasteiger partial charge in [0.15, 0.2) is 0 Å². The van der Waals surface area contributed by atoms with Gasteiger partial charge in [0.05, 0.1) is 0 Å². The van der Waals surface area contributed by atoms with Crippen LogP contribution in [0.15, 0.2) is 0 Å². The predicted octanol–water partition coefficient (Wildman–Crippen LogP) is 4.28. The molecule has 15 heavy (non-hydrogen) atoms. The third-order valence-electron chi connectivity index (χ3n) is 2.53. The Morgan fingerprint density at radius 3 is 1.73 bits per heavy atom. The maximum atomic E-state index is 12.4. The number of unbranched alkanes of at least 4 members (excludes halogenated alkanes) is 3. The monoisotopic (exact) mass is 278 g/mol. The van der Waals surface area contributed by atoms with Crippen LogP contribution in [0.25, 0.3) is 0 Å². The molecule has 0 atom stereocenters. The van der Waals surface area contributed by atoms with Crippen molar-refractivity contribution in [2.24, 2.45) is 0 Å². The summed E-state index contributed by atoms with van der Waals surface area (Å²) in [6, 6.07) is 0. The molecule has 0 aliphatic carbocycles. The zero-order chi connectivity index (χ0) is 11.6. The van der Waals surface area contributed by atoms with Crippen LogP contribution in [0.5, 0.6) is 0 Å². The van der Waals surface area contributed by atoms with Gasteiger partial charge in [-0.15, -0.1) is 0 Å². The van der Waals surface area contributed by atoms with Crippen molar-refractivity contribution in [3.05, 3.63) is 0 Å². The molecule has 0 aromatic rings. The van der Waals surface area contributed by atoms with Gasteiger partial charge in [0.2, 0.25) is 0 Å². The standard InChI is InChI=1S/C12H27AsO2/c1-4-7-10-13(14,11-8-5-2)15-12-9-6-3/h4-12H2,1-3H3. The summed E-state index contributed by atoms with van der Waals surface area (Å²) in [6.07, 6.45) is 6.53. The van der Waals surface area contributed by atoms with E-state index in [0.29, 0.717) is 6.61 Å². The molecule has 92 valence electrons. The third-order valence-corrected chi connectivity index (χ3v) is 8.09. The molecule has 0 aliphatic heterocycles. The Kier molecular flexibility index (Phi) is 9.74. The molecule has 0 N–H and O–H groups in total. The molecule has 0 fully saturated rings. The van der Waals surface area contributed by atoms with Crippen molar-refractivity contribution < 1.29 is 7.47 Å². The Morgan fingerprint density at radius 1 is 0.867 bits per heavy atom. The van der Waals surface area contributed by atoms with Crippen LogP contribution in [0.4, 0.5) is 0 Å². The molecule has 0 aliphatic rings. The van der Waals surface area contributed by atoms with E-state index in [1.807, 2.05) is 0 Å². The van der Waals surface area contributed by atoms with Crippen molar-refractivity contribution in [1.29, 1.82) is 0 Å². The van der Waals surface area contributed by atoms with Crippen LogP contribution < -0.4 is 0 Å². The summed E-state index contributed by atoms with van der Waals surface area (Å²) >= 11 is -2.93. The van der Waals surface area contributed by atoms with Crippen LogP contribution in [0.1, 0.15) is 59.3 Å². The summed E-state index contributed by atoms with van der Waals surface area (Å²) in [4.78, 5) is 0. The van der Waals surface area contributed by atoms with Gasteiger partial charge in [-0.3, -0.25) is 0 Å². The van der Waals surface area contributed by atoms with Crippen LogP contribution in [-0.2, 0) is 7.47 Å². The Hall–Kier alpha value is 0.318. The molecule has 0 aromatic heterocycles. The minimum atomic E-state index is -2.93. The fourth-order valence-corrected chi connectivity index (χ4v) is 6.74. The van der Waals surface area contributed by atoms with Gasteiger partial charge >= 0.3 is 97.6 Å². The summed E-state index contributed by atoms with van der Waals surface area (Å²) in [5, 5.41) is 1.69. The van der Waals surface area contributed by atoms with E-state index in [0.717, 1.165) is 48.9 Å². The quantitative estimate of drug-likeness (QED) is 0.440. The van der Waals surface area contributed by atoms with Crippen LogP contribution in [0.2, 0.25) is 10.4 Å². The van der Waals surface area contributed by atoms with Gasteiger partial charge in [-0.25, -0.2) is 0 Å². The summed E-state index contributed by atoms with van der Waals surface area (Å²) in [5.41, 5.74) is 0. The van der Waals surface area contributed by atoms with E-state index in [-0.39, 0.29) is 0 Å². The molecule has 0 unspecified atom stereocenters. The molecule has 0 rings (SSSR count). The van der Waals surface area contributed by atoms with E-state index in [9.17, 15) is 3.74 Å². The molecule has 0 saturated carbocycles. The summed E-state index contributed by atoms with van der Waals surface area (Å²) in [7, 11) is 0. The molecule has 2 nitrogen and oxygen atoms in total. The Labute approximate surface area is 97.8 Å². The Bertz CT molecular complexity index is 168. The first-order valence-electron chi connectivity index (χ1n) is 6.41. The summed E-state index contributed by atoms with van der Waals surface area (Å²) in [6.45, 7) is 7.14. The molecule has 3 heteroatoms. The molecule has 0 heterocycles. The zero-order valence-electron chi connectivity index (χ0n) is 10.6. The van der Waals surface area contributed by atoms with Crippen molar-refractivity contribution in [3.8, 4) is 0 Å². The van der Waals surface area contributed by atoms with E-state index in [1.165, 1.54) is 0 Å². The second-order valence-electron chi connectivity index (χ2n) is 4.16. The zero-order valence-corrected chi connectivity index (χ0v) is 12.5. The first-order valence-corrected chi connectivity index (χ1v) is 10.6. The average molecular weight is 278 g/mol. The van der Waals surface area contributed by atoms with Gasteiger partial charge in [0, 0.05) is 0 Å². The molecule has 0 bridgehead atoms. The van der Waals surface area contributed by atoms with E-state index in [1.54, 1.807) is 0 Å². The van der Waals surface area contributed by atoms with Crippen LogP contribution in [-0.4, -0.2) is 20.4 Å². The topological polar surface area (TPSA) is 26.3 Å². The molecule has 0 saturated heterocycles. The third kappa shape index (κ3) is 8.16. The van der Waals surface area contributed by atoms with Gasteiger partial charge in [-0.05, 0) is 0 Å². The van der Waals surface area contributed by atoms with Crippen molar-refractivity contribution >= 4 is 13.8 Å². The van der Waals surface area contributed by atoms with Crippen LogP contribution in [0, 0.1) is 0 Å². The van der Waals surface area contributed by atoms with Crippen LogP contribution in [0.3, 0.4) is 0 Å². The minimum absolute atomic E-state index is 0.709. The summed E-state index contributed by atoms with van der Waals surface area (Å²) < 4.78 is 18.1. The molecule has 0 radical (unpaired) electrons. The molecule has 0 spiro atoms. The normalized spacial score (nSPS) is 11.9. The Balaban J connectivity index is 3.96. The number of hydrogen-bond donors (Lipinski definition) is 0. The first-order chi connectivity index (χ1) is 7.18. The number of hydrogen-bond acceptors (Lipinski definition) is 2. The predicted molar refractivity (Wildman–Crippen MR) is 66.7 cm³/mol. The molecule has 0 amide bonds. The fourth-order valence-electron chi connectivity index (χ4n) is 1.41. The van der Waals surface area contributed by atoms with E-state index >= 15 is 0 Å². The van der Waals surface area contributed by atoms with Gasteiger partial charge in [-0.2, -0.15) is 0 Å². The van der Waals surface area contributed by atoms with Crippen molar-refractivity contribution in [2.45, 2.75) is 69.7 Å². The first kappa shape index (κ1) is 15.3. The van der Waals surface area contributed by atoms with Gasteiger partial charge in [-0.1, -0.05) is 0 Å². The van der Waals surface area contributed by atoms with Crippen molar-refractivity contribution in [3.63, 3.8) is 0 Å². The fraction of sp³-hybridized carbons (Fsp3) is 1.00. The van der Waals surface area contributed by atoms with E-state index < -0.39 is 13.8 Å². The molecular formula is C12H27AsO2. The number of rotatable bonds is 10. The van der Waals surface area contributed by atoms with Gasteiger partial charge in [0.1, 0.15) is 0 Å². The molecule has 0 aromatic carbocycles. The van der Waals surface area contributed by atoms with Crippen LogP contribution >= 0.6 is 0 Å². The second-order valence-corrected chi connectivity index (χ2v) is 9.99. The van der Waals surface area contributed by atoms with Gasteiger partial charge < -0.3 is 0 Å². The van der Waals surface area contributed by atoms with E-state index in [4.69, 9.17) is 3.73 Å². The Morgan fingerprint density at radius 2 is 1.33 bits per heavy atom. The van der Waals surface area contributed by atoms with Gasteiger partial charge in [0.25, 0.3) is 0 Å². The molecular weight excluding hydrogens is 251 g/mol. The van der Waals surface area contributed by atoms with Crippen molar-refractivity contribution in [2.75, 3.05) is 6.61 Å². The average Bonchev–Trinajstić information content (AvgIpc) is 2.24. The SMILES string of the molecule is CCCCO[As](=O)(CCCC)CCCC. The summed E-state index contributed by atoms with van der Waals surface area (Å²) in [5.74, 6) is 0. The van der Waals surface area contributed by atoms with E-state index in [2.05, 4.69) is 20.8 Å². The maximum absolute atomic E-state index is 12.4. The second kappa shape index (κ2) is 9.54.